The summed E-state index contributed by atoms with van der Waals surface area (Å²) in [4.78, 5) is 30.0. The summed E-state index contributed by atoms with van der Waals surface area (Å²) in [6, 6.07) is 11.2. The highest BCUT2D eigenvalue weighted by Crippen LogP contribution is 2.35. The van der Waals surface area contributed by atoms with E-state index in [0.717, 1.165) is 25.9 Å². The Morgan fingerprint density at radius 2 is 1.86 bits per heavy atom. The van der Waals surface area contributed by atoms with Crippen molar-refractivity contribution in [1.29, 1.82) is 0 Å². The molecular weight excluding hydrogens is 451 g/mol. The smallest absolute Gasteiger partial charge is 0.325 e. The monoisotopic (exact) mass is 464 g/mol. The van der Waals surface area contributed by atoms with Crippen molar-refractivity contribution >= 4 is 78.1 Å². The topological polar surface area (TPSA) is 60.7 Å². The third kappa shape index (κ3) is 3.59. The van der Waals surface area contributed by atoms with Crippen molar-refractivity contribution in [2.45, 2.75) is 13.5 Å². The molecule has 1 amide bonds. The standard InChI is InChI=1S/C20H14Cl2N2O3S2/c1-10-12(21)7-8-14-17(10)24(9-15(25)27-2)20(29-14)23-19(26)18-16(22)11-5-3-4-6-13(11)28-18/h3-8H,9H2,1-2H3. The maximum absolute atomic E-state index is 13.0. The number of methoxy groups -OCH3 is 1. The summed E-state index contributed by atoms with van der Waals surface area (Å²) in [6.45, 7) is 1.78. The van der Waals surface area contributed by atoms with Crippen molar-refractivity contribution in [2.75, 3.05) is 7.11 Å². The number of benzene rings is 2. The first-order valence-electron chi connectivity index (χ1n) is 8.52. The van der Waals surface area contributed by atoms with Crippen LogP contribution in [0.1, 0.15) is 15.2 Å². The van der Waals surface area contributed by atoms with E-state index >= 15 is 0 Å². The molecule has 4 aromatic rings. The van der Waals surface area contributed by atoms with E-state index < -0.39 is 11.9 Å². The zero-order valence-electron chi connectivity index (χ0n) is 15.4. The Morgan fingerprint density at radius 1 is 1.10 bits per heavy atom. The minimum Gasteiger partial charge on any atom is -0.468 e. The Kier molecular flexibility index (Phi) is 5.48. The number of thiophene rings is 1. The lowest BCUT2D eigenvalue weighted by molar-refractivity contribution is -0.141. The van der Waals surface area contributed by atoms with Gasteiger partial charge in [0.2, 0.25) is 0 Å². The molecule has 2 aromatic carbocycles. The molecule has 0 fully saturated rings. The Hall–Kier alpha value is -2.19. The number of amides is 1. The van der Waals surface area contributed by atoms with Gasteiger partial charge in [0.05, 0.1) is 22.3 Å². The third-order valence-electron chi connectivity index (χ3n) is 4.47. The molecule has 2 heterocycles. The number of ether oxygens (including phenoxy) is 1. The minimum atomic E-state index is -0.454. The van der Waals surface area contributed by atoms with Gasteiger partial charge in [0.25, 0.3) is 5.91 Å². The van der Waals surface area contributed by atoms with Crippen molar-refractivity contribution in [3.05, 3.63) is 61.7 Å². The van der Waals surface area contributed by atoms with Gasteiger partial charge in [0, 0.05) is 15.1 Å². The van der Waals surface area contributed by atoms with Crippen molar-refractivity contribution in [3.63, 3.8) is 0 Å². The number of aromatic nitrogens is 1. The van der Waals surface area contributed by atoms with Crippen LogP contribution in [0.2, 0.25) is 10.0 Å². The lowest BCUT2D eigenvalue weighted by atomic mass is 10.2. The molecule has 0 unspecified atom stereocenters. The fourth-order valence-corrected chi connectivity index (χ4v) is 5.67. The van der Waals surface area contributed by atoms with Crippen LogP contribution in [0.15, 0.2) is 41.4 Å². The van der Waals surface area contributed by atoms with E-state index in [1.165, 1.54) is 29.8 Å². The molecule has 148 valence electrons. The molecule has 0 radical (unpaired) electrons. The lowest BCUT2D eigenvalue weighted by Gasteiger charge is -2.07. The van der Waals surface area contributed by atoms with Gasteiger partial charge in [-0.3, -0.25) is 9.59 Å². The van der Waals surface area contributed by atoms with E-state index in [4.69, 9.17) is 27.9 Å². The number of rotatable bonds is 3. The Balaban J connectivity index is 1.91. The average molecular weight is 465 g/mol. The quantitative estimate of drug-likeness (QED) is 0.378. The molecule has 0 saturated carbocycles. The summed E-state index contributed by atoms with van der Waals surface area (Å²) >= 11 is 15.3. The van der Waals surface area contributed by atoms with Gasteiger partial charge in [0.1, 0.15) is 11.4 Å². The molecule has 0 N–H and O–H groups in total. The number of thiazole rings is 1. The molecule has 29 heavy (non-hydrogen) atoms. The normalized spacial score (nSPS) is 12.1. The summed E-state index contributed by atoms with van der Waals surface area (Å²) < 4.78 is 8.25. The minimum absolute atomic E-state index is 0.0794. The lowest BCUT2D eigenvalue weighted by Crippen LogP contribution is -2.22. The highest BCUT2D eigenvalue weighted by atomic mass is 35.5. The van der Waals surface area contributed by atoms with E-state index in [2.05, 4.69) is 4.99 Å². The van der Waals surface area contributed by atoms with Crippen molar-refractivity contribution in [1.82, 2.24) is 4.57 Å². The number of carbonyl (C=O) groups is 2. The second kappa shape index (κ2) is 7.91. The van der Waals surface area contributed by atoms with E-state index in [1.807, 2.05) is 37.3 Å². The number of hydrogen-bond donors (Lipinski definition) is 0. The molecule has 4 rings (SSSR count). The predicted octanol–water partition coefficient (Wildman–Crippen LogP) is 5.45. The van der Waals surface area contributed by atoms with Crippen LogP contribution >= 0.6 is 45.9 Å². The molecule has 0 aliphatic carbocycles. The van der Waals surface area contributed by atoms with Crippen molar-refractivity contribution in [3.8, 4) is 0 Å². The van der Waals surface area contributed by atoms with Gasteiger partial charge >= 0.3 is 5.97 Å². The SMILES string of the molecule is COC(=O)Cn1c(=NC(=O)c2sc3ccccc3c2Cl)sc2ccc(Cl)c(C)c21. The molecule has 0 aliphatic rings. The number of halogens is 2. The summed E-state index contributed by atoms with van der Waals surface area (Å²) in [6.07, 6.45) is 0. The van der Waals surface area contributed by atoms with Gasteiger partial charge in [-0.25, -0.2) is 0 Å². The number of esters is 1. The second-order valence-corrected chi connectivity index (χ2v) is 9.07. The Morgan fingerprint density at radius 3 is 2.59 bits per heavy atom. The van der Waals surface area contributed by atoms with Gasteiger partial charge in [-0.2, -0.15) is 4.99 Å². The zero-order valence-corrected chi connectivity index (χ0v) is 18.5. The maximum atomic E-state index is 13.0. The fourth-order valence-electron chi connectivity index (χ4n) is 3.03. The third-order valence-corrected chi connectivity index (χ3v) is 7.59. The first kappa shape index (κ1) is 20.1. The van der Waals surface area contributed by atoms with Crippen LogP contribution in [-0.2, 0) is 16.1 Å². The van der Waals surface area contributed by atoms with Gasteiger partial charge in [-0.15, -0.1) is 11.3 Å². The largest absolute Gasteiger partial charge is 0.468 e. The highest BCUT2D eigenvalue weighted by Gasteiger charge is 2.19. The molecular formula is C20H14Cl2N2O3S2. The number of nitrogens with zero attached hydrogens (tertiary/aromatic N) is 2. The van der Waals surface area contributed by atoms with Crippen LogP contribution in [0.4, 0.5) is 0 Å². The van der Waals surface area contributed by atoms with Gasteiger partial charge < -0.3 is 9.30 Å². The summed E-state index contributed by atoms with van der Waals surface area (Å²) in [5.74, 6) is -0.900. The average Bonchev–Trinajstić information content (AvgIpc) is 3.23. The molecule has 5 nitrogen and oxygen atoms in total. The highest BCUT2D eigenvalue weighted by molar-refractivity contribution is 7.21. The first-order chi connectivity index (χ1) is 13.9. The molecule has 9 heteroatoms. The Bertz CT molecular complexity index is 1350. The van der Waals surface area contributed by atoms with Gasteiger partial charge in [-0.05, 0) is 30.7 Å². The second-order valence-electron chi connectivity index (χ2n) is 6.22. The molecule has 0 atom stereocenters. The maximum Gasteiger partial charge on any atom is 0.325 e. The van der Waals surface area contributed by atoms with Crippen LogP contribution < -0.4 is 4.80 Å². The fraction of sp³-hybridized carbons (Fsp3) is 0.150. The van der Waals surface area contributed by atoms with Gasteiger partial charge in [-0.1, -0.05) is 52.7 Å². The van der Waals surface area contributed by atoms with Crippen molar-refractivity contribution in [2.24, 2.45) is 4.99 Å². The number of carbonyl (C=O) groups excluding carboxylic acids is 2. The van der Waals surface area contributed by atoms with Crippen molar-refractivity contribution < 1.29 is 14.3 Å². The molecule has 0 bridgehead atoms. The molecule has 0 saturated heterocycles. The number of aryl methyl sites for hydroxylation is 1. The number of fused-ring (bicyclic) bond motifs is 2. The van der Waals surface area contributed by atoms with Crippen LogP contribution in [0.5, 0.6) is 0 Å². The van der Waals surface area contributed by atoms with Crippen LogP contribution in [0.25, 0.3) is 20.3 Å². The predicted molar refractivity (Wildman–Crippen MR) is 118 cm³/mol. The zero-order chi connectivity index (χ0) is 20.7. The van der Waals surface area contributed by atoms with Crippen LogP contribution in [0.3, 0.4) is 0 Å². The summed E-state index contributed by atoms with van der Waals surface area (Å²) in [5, 5.41) is 1.78. The molecule has 0 aliphatic heterocycles. The van der Waals surface area contributed by atoms with Crippen LogP contribution in [0, 0.1) is 6.92 Å². The summed E-state index contributed by atoms with van der Waals surface area (Å²) in [7, 11) is 1.32. The molecule has 0 spiro atoms. The van der Waals surface area contributed by atoms with E-state index in [-0.39, 0.29) is 6.54 Å². The van der Waals surface area contributed by atoms with E-state index in [0.29, 0.717) is 19.7 Å². The Labute approximate surface area is 183 Å². The van der Waals surface area contributed by atoms with E-state index in [9.17, 15) is 9.59 Å². The summed E-state index contributed by atoms with van der Waals surface area (Å²) in [5.41, 5.74) is 1.56. The van der Waals surface area contributed by atoms with Gasteiger partial charge in [0.15, 0.2) is 4.80 Å². The molecule has 2 aromatic heterocycles. The van der Waals surface area contributed by atoms with Crippen LogP contribution in [-0.4, -0.2) is 23.6 Å². The number of hydrogen-bond acceptors (Lipinski definition) is 5. The first-order valence-corrected chi connectivity index (χ1v) is 10.9. The van der Waals surface area contributed by atoms with E-state index in [1.54, 1.807) is 10.6 Å².